The zero-order valence-corrected chi connectivity index (χ0v) is 15.6. The number of anilines is 1. The van der Waals surface area contributed by atoms with Crippen LogP contribution in [0, 0.1) is 0 Å². The topological polar surface area (TPSA) is 70.2 Å². The summed E-state index contributed by atoms with van der Waals surface area (Å²) in [4.78, 5) is 41.8. The fourth-order valence-corrected chi connectivity index (χ4v) is 3.61. The van der Waals surface area contributed by atoms with Crippen LogP contribution in [0.5, 0.6) is 0 Å². The van der Waals surface area contributed by atoms with Crippen molar-refractivity contribution < 1.29 is 19.1 Å². The van der Waals surface area contributed by atoms with Crippen molar-refractivity contribution in [2.24, 2.45) is 0 Å². The van der Waals surface area contributed by atoms with Crippen molar-refractivity contribution in [3.63, 3.8) is 0 Å². The Kier molecular flexibility index (Phi) is 5.39. The fourth-order valence-electron chi connectivity index (χ4n) is 3.22. The van der Waals surface area contributed by atoms with Crippen LogP contribution in [0.4, 0.5) is 10.5 Å². The summed E-state index contributed by atoms with van der Waals surface area (Å²) < 4.78 is 5.82. The Balaban J connectivity index is 1.66. The van der Waals surface area contributed by atoms with Crippen molar-refractivity contribution in [2.45, 2.75) is 19.4 Å². The Labute approximate surface area is 154 Å². The molecule has 8 heteroatoms. The first-order chi connectivity index (χ1) is 12.0. The molecule has 0 N–H and O–H groups in total. The van der Waals surface area contributed by atoms with Crippen LogP contribution >= 0.6 is 15.9 Å². The maximum absolute atomic E-state index is 12.8. The van der Waals surface area contributed by atoms with Crippen LogP contribution in [0.3, 0.4) is 0 Å². The summed E-state index contributed by atoms with van der Waals surface area (Å²) in [7, 11) is 0. The number of ether oxygens (including phenoxy) is 1. The van der Waals surface area contributed by atoms with E-state index >= 15 is 0 Å². The number of piperazine rings is 1. The van der Waals surface area contributed by atoms with Crippen molar-refractivity contribution in [3.8, 4) is 0 Å². The van der Waals surface area contributed by atoms with Gasteiger partial charge in [0.25, 0.3) is 5.91 Å². The van der Waals surface area contributed by atoms with E-state index in [0.29, 0.717) is 38.5 Å². The molecule has 1 aromatic carbocycles. The van der Waals surface area contributed by atoms with E-state index in [4.69, 9.17) is 4.74 Å². The van der Waals surface area contributed by atoms with E-state index in [-0.39, 0.29) is 24.3 Å². The van der Waals surface area contributed by atoms with Crippen LogP contribution in [0.15, 0.2) is 28.7 Å². The number of nitrogens with zero attached hydrogens (tertiary/aromatic N) is 3. The SMILES string of the molecule is CCOC(=O)N1CCN([C@@H]2CC(=O)N(c3cccc(Br)c3)C2=O)CC1. The molecule has 2 aliphatic heterocycles. The third-order valence-electron chi connectivity index (χ3n) is 4.47. The summed E-state index contributed by atoms with van der Waals surface area (Å²) in [5.41, 5.74) is 0.581. The van der Waals surface area contributed by atoms with Crippen LogP contribution in [-0.2, 0) is 14.3 Å². The molecule has 2 saturated heterocycles. The molecule has 7 nitrogen and oxygen atoms in total. The van der Waals surface area contributed by atoms with E-state index in [1.54, 1.807) is 30.0 Å². The number of benzene rings is 1. The van der Waals surface area contributed by atoms with Gasteiger partial charge in [-0.3, -0.25) is 14.5 Å². The van der Waals surface area contributed by atoms with E-state index < -0.39 is 6.04 Å². The predicted octanol–water partition coefficient (Wildman–Crippen LogP) is 1.86. The number of rotatable bonds is 3. The normalized spacial score (nSPS) is 21.8. The lowest BCUT2D eigenvalue weighted by Crippen LogP contribution is -2.54. The van der Waals surface area contributed by atoms with Gasteiger partial charge in [-0.05, 0) is 25.1 Å². The second-order valence-corrected chi connectivity index (χ2v) is 6.90. The molecule has 0 saturated carbocycles. The van der Waals surface area contributed by atoms with Crippen LogP contribution in [0.25, 0.3) is 0 Å². The molecule has 0 spiro atoms. The lowest BCUT2D eigenvalue weighted by molar-refractivity contribution is -0.123. The fraction of sp³-hybridized carbons (Fsp3) is 0.471. The number of hydrogen-bond acceptors (Lipinski definition) is 5. The average molecular weight is 410 g/mol. The Morgan fingerprint density at radius 2 is 1.96 bits per heavy atom. The number of halogens is 1. The van der Waals surface area contributed by atoms with E-state index in [2.05, 4.69) is 15.9 Å². The van der Waals surface area contributed by atoms with Crippen LogP contribution < -0.4 is 4.90 Å². The van der Waals surface area contributed by atoms with Crippen molar-refractivity contribution in [2.75, 3.05) is 37.7 Å². The van der Waals surface area contributed by atoms with Gasteiger partial charge < -0.3 is 9.64 Å². The molecule has 2 aliphatic rings. The maximum atomic E-state index is 12.8. The van der Waals surface area contributed by atoms with Gasteiger partial charge in [-0.15, -0.1) is 0 Å². The number of carbonyl (C=O) groups excluding carboxylic acids is 3. The summed E-state index contributed by atoms with van der Waals surface area (Å²) in [5, 5.41) is 0. The smallest absolute Gasteiger partial charge is 0.409 e. The largest absolute Gasteiger partial charge is 0.450 e. The highest BCUT2D eigenvalue weighted by atomic mass is 79.9. The Morgan fingerprint density at radius 1 is 1.24 bits per heavy atom. The Bertz CT molecular complexity index is 688. The highest BCUT2D eigenvalue weighted by molar-refractivity contribution is 9.10. The molecule has 0 unspecified atom stereocenters. The lowest BCUT2D eigenvalue weighted by Gasteiger charge is -2.36. The second kappa shape index (κ2) is 7.53. The molecule has 134 valence electrons. The third kappa shape index (κ3) is 3.69. The van der Waals surface area contributed by atoms with Crippen molar-refractivity contribution in [1.29, 1.82) is 0 Å². The van der Waals surface area contributed by atoms with Gasteiger partial charge in [0.05, 0.1) is 24.8 Å². The molecule has 2 heterocycles. The van der Waals surface area contributed by atoms with E-state index in [1.807, 2.05) is 11.0 Å². The first-order valence-corrected chi connectivity index (χ1v) is 9.08. The van der Waals surface area contributed by atoms with Gasteiger partial charge in [-0.25, -0.2) is 9.69 Å². The first kappa shape index (κ1) is 17.9. The van der Waals surface area contributed by atoms with Crippen molar-refractivity contribution in [1.82, 2.24) is 9.80 Å². The lowest BCUT2D eigenvalue weighted by atomic mass is 10.2. The van der Waals surface area contributed by atoms with Gasteiger partial charge in [0.15, 0.2) is 0 Å². The molecule has 0 radical (unpaired) electrons. The molecule has 0 aliphatic carbocycles. The molecule has 1 aromatic rings. The summed E-state index contributed by atoms with van der Waals surface area (Å²) >= 11 is 3.36. The molecule has 2 fully saturated rings. The number of hydrogen-bond donors (Lipinski definition) is 0. The van der Waals surface area contributed by atoms with Gasteiger partial charge in [-0.1, -0.05) is 22.0 Å². The molecular formula is C17H20BrN3O4. The van der Waals surface area contributed by atoms with Crippen molar-refractivity contribution in [3.05, 3.63) is 28.7 Å². The minimum atomic E-state index is -0.462. The van der Waals surface area contributed by atoms with E-state index in [9.17, 15) is 14.4 Å². The van der Waals surface area contributed by atoms with Gasteiger partial charge in [0.2, 0.25) is 5.91 Å². The molecule has 0 aromatic heterocycles. The standard InChI is InChI=1S/C17H20BrN3O4/c1-2-25-17(24)20-8-6-19(7-9-20)14-11-15(22)21(16(14)23)13-5-3-4-12(18)10-13/h3-5,10,14H,2,6-9,11H2,1H3/t14-/m1/s1. The molecular weight excluding hydrogens is 390 g/mol. The molecule has 0 bridgehead atoms. The van der Waals surface area contributed by atoms with E-state index in [1.165, 1.54) is 4.90 Å². The second-order valence-electron chi connectivity index (χ2n) is 5.99. The zero-order valence-electron chi connectivity index (χ0n) is 14.0. The summed E-state index contributed by atoms with van der Waals surface area (Å²) in [5.74, 6) is -0.395. The maximum Gasteiger partial charge on any atom is 0.409 e. The van der Waals surface area contributed by atoms with Gasteiger partial charge >= 0.3 is 6.09 Å². The van der Waals surface area contributed by atoms with Crippen LogP contribution in [0.1, 0.15) is 13.3 Å². The summed E-state index contributed by atoms with van der Waals surface area (Å²) in [6, 6.07) is 6.70. The monoisotopic (exact) mass is 409 g/mol. The minimum Gasteiger partial charge on any atom is -0.450 e. The minimum absolute atomic E-state index is 0.171. The summed E-state index contributed by atoms with van der Waals surface area (Å²) in [6.45, 7) is 4.20. The molecule has 25 heavy (non-hydrogen) atoms. The van der Waals surface area contributed by atoms with Gasteiger partial charge in [0.1, 0.15) is 0 Å². The number of amides is 3. The quantitative estimate of drug-likeness (QED) is 0.712. The first-order valence-electron chi connectivity index (χ1n) is 8.29. The Morgan fingerprint density at radius 3 is 2.60 bits per heavy atom. The average Bonchev–Trinajstić information content (AvgIpc) is 2.90. The van der Waals surface area contributed by atoms with Crippen LogP contribution in [-0.4, -0.2) is 66.5 Å². The Hall–Kier alpha value is -1.93. The highest BCUT2D eigenvalue weighted by Gasteiger charge is 2.43. The molecule has 3 rings (SSSR count). The number of imide groups is 1. The number of carbonyl (C=O) groups is 3. The van der Waals surface area contributed by atoms with E-state index in [0.717, 1.165) is 4.47 Å². The van der Waals surface area contributed by atoms with Gasteiger partial charge in [-0.2, -0.15) is 0 Å². The highest BCUT2D eigenvalue weighted by Crippen LogP contribution is 2.28. The zero-order chi connectivity index (χ0) is 18.0. The predicted molar refractivity (Wildman–Crippen MR) is 95.2 cm³/mol. The molecule has 1 atom stereocenters. The third-order valence-corrected chi connectivity index (χ3v) is 4.96. The summed E-state index contributed by atoms with van der Waals surface area (Å²) in [6.07, 6.45) is -0.156. The van der Waals surface area contributed by atoms with Crippen molar-refractivity contribution >= 4 is 39.5 Å². The van der Waals surface area contributed by atoms with Crippen LogP contribution in [0.2, 0.25) is 0 Å². The van der Waals surface area contributed by atoms with Gasteiger partial charge in [0, 0.05) is 30.7 Å². The molecule has 3 amide bonds.